The minimum atomic E-state index is 0.557. The molecule has 0 bridgehead atoms. The van der Waals surface area contributed by atoms with Crippen LogP contribution in [0.5, 0.6) is 0 Å². The van der Waals surface area contributed by atoms with E-state index in [0.29, 0.717) is 6.04 Å². The van der Waals surface area contributed by atoms with Crippen molar-refractivity contribution in [1.82, 2.24) is 19.9 Å². The molecule has 0 unspecified atom stereocenters. The molecule has 4 heterocycles. The van der Waals surface area contributed by atoms with Crippen molar-refractivity contribution in [1.29, 1.82) is 0 Å². The van der Waals surface area contributed by atoms with E-state index in [0.717, 1.165) is 39.5 Å². The molecule has 0 aromatic carbocycles. The van der Waals surface area contributed by atoms with Crippen LogP contribution in [0, 0.1) is 0 Å². The molecule has 1 aliphatic carbocycles. The van der Waals surface area contributed by atoms with Crippen LogP contribution in [0.4, 0.5) is 0 Å². The summed E-state index contributed by atoms with van der Waals surface area (Å²) in [7, 11) is 0. The minimum absolute atomic E-state index is 0.557. The van der Waals surface area contributed by atoms with Gasteiger partial charge in [0.25, 0.3) is 0 Å². The summed E-state index contributed by atoms with van der Waals surface area (Å²) < 4.78 is 7.79. The monoisotopic (exact) mass is 400 g/mol. The average Bonchev–Trinajstić information content (AvgIpc) is 3.17. The van der Waals surface area contributed by atoms with Crippen LogP contribution in [0.15, 0.2) is 50.8 Å². The largest absolute Gasteiger partial charge is 0.355 e. The maximum absolute atomic E-state index is 5.47. The van der Waals surface area contributed by atoms with Gasteiger partial charge in [-0.25, -0.2) is 0 Å². The van der Waals surface area contributed by atoms with E-state index in [-0.39, 0.29) is 0 Å². The molecule has 0 radical (unpaired) electrons. The Balaban J connectivity index is 1.32. The fraction of sp³-hybridized carbons (Fsp3) is 0.278. The lowest BCUT2D eigenvalue weighted by Gasteiger charge is -2.07. The molecule has 26 heavy (non-hydrogen) atoms. The van der Waals surface area contributed by atoms with Crippen LogP contribution in [0.3, 0.4) is 0 Å². The molecule has 0 amide bonds. The van der Waals surface area contributed by atoms with Gasteiger partial charge >= 0.3 is 0 Å². The quantitative estimate of drug-likeness (QED) is 0.395. The summed E-state index contributed by atoms with van der Waals surface area (Å²) in [6, 6.07) is 10.9. The Labute approximate surface area is 163 Å². The molecule has 8 heteroatoms. The normalized spacial score (nSPS) is 14.2. The predicted octanol–water partition coefficient (Wildman–Crippen LogP) is 5.27. The van der Waals surface area contributed by atoms with Crippen molar-refractivity contribution in [3.63, 3.8) is 0 Å². The van der Waals surface area contributed by atoms with Gasteiger partial charge in [-0.3, -0.25) is 0 Å². The smallest absolute Gasteiger partial charge is 0.191 e. The zero-order valence-electron chi connectivity index (χ0n) is 13.9. The van der Waals surface area contributed by atoms with E-state index in [1.165, 1.54) is 17.7 Å². The Hall–Kier alpha value is -1.90. The lowest BCUT2D eigenvalue weighted by Crippen LogP contribution is -2.03. The lowest BCUT2D eigenvalue weighted by atomic mass is 10.3. The van der Waals surface area contributed by atoms with E-state index in [2.05, 4.69) is 37.4 Å². The number of nitrogens with zero attached hydrogens (tertiary/aromatic N) is 4. The number of thioether (sulfide) groups is 1. The summed E-state index contributed by atoms with van der Waals surface area (Å²) in [6.07, 6.45) is 3.29. The SMILES string of the molecule is c1csc(Cc2nnc(SCc3cc(-c4cccs4)on3)n2C2CC2)c1. The summed E-state index contributed by atoms with van der Waals surface area (Å²) in [5.41, 5.74) is 0.934. The zero-order chi connectivity index (χ0) is 17.3. The van der Waals surface area contributed by atoms with Crippen LogP contribution in [0.25, 0.3) is 10.6 Å². The summed E-state index contributed by atoms with van der Waals surface area (Å²) in [6.45, 7) is 0. The van der Waals surface area contributed by atoms with Gasteiger partial charge in [-0.05, 0) is 35.7 Å². The van der Waals surface area contributed by atoms with Gasteiger partial charge in [-0.2, -0.15) is 0 Å². The van der Waals surface area contributed by atoms with E-state index in [9.17, 15) is 0 Å². The van der Waals surface area contributed by atoms with Gasteiger partial charge in [0.05, 0.1) is 10.6 Å². The van der Waals surface area contributed by atoms with Crippen molar-refractivity contribution in [2.75, 3.05) is 0 Å². The van der Waals surface area contributed by atoms with Crippen LogP contribution < -0.4 is 0 Å². The first-order valence-electron chi connectivity index (χ1n) is 8.45. The van der Waals surface area contributed by atoms with Crippen molar-refractivity contribution in [3.8, 4) is 10.6 Å². The fourth-order valence-corrected chi connectivity index (χ4v) is 5.13. The fourth-order valence-electron chi connectivity index (χ4n) is 2.85. The van der Waals surface area contributed by atoms with Gasteiger partial charge in [0.15, 0.2) is 10.9 Å². The second kappa shape index (κ2) is 7.02. The highest BCUT2D eigenvalue weighted by Crippen LogP contribution is 2.40. The second-order valence-electron chi connectivity index (χ2n) is 6.20. The molecule has 0 N–H and O–H groups in total. The van der Waals surface area contributed by atoms with Crippen molar-refractivity contribution in [2.45, 2.75) is 36.2 Å². The molecular weight excluding hydrogens is 384 g/mol. The standard InChI is InChI=1S/C18H16N4OS3/c1-3-14(24-7-1)10-17-19-20-18(22(17)13-5-6-13)26-11-12-9-15(23-21-12)16-4-2-8-25-16/h1-4,7-9,13H,5-6,10-11H2. The van der Waals surface area contributed by atoms with E-state index < -0.39 is 0 Å². The van der Waals surface area contributed by atoms with Crippen molar-refractivity contribution in [2.24, 2.45) is 0 Å². The Morgan fingerprint density at radius 1 is 1.15 bits per heavy atom. The summed E-state index contributed by atoms with van der Waals surface area (Å²) in [5, 5.41) is 18.3. The molecule has 1 aliphatic rings. The molecule has 0 atom stereocenters. The minimum Gasteiger partial charge on any atom is -0.355 e. The molecule has 4 aromatic rings. The third kappa shape index (κ3) is 3.36. The number of aromatic nitrogens is 4. The van der Waals surface area contributed by atoms with Crippen molar-refractivity contribution in [3.05, 3.63) is 57.5 Å². The van der Waals surface area contributed by atoms with Gasteiger partial charge < -0.3 is 9.09 Å². The molecule has 132 valence electrons. The van der Waals surface area contributed by atoms with E-state index in [4.69, 9.17) is 4.52 Å². The van der Waals surface area contributed by atoms with Crippen LogP contribution in [-0.2, 0) is 12.2 Å². The Kier molecular flexibility index (Phi) is 4.40. The number of rotatable bonds is 7. The topological polar surface area (TPSA) is 56.7 Å². The third-order valence-electron chi connectivity index (χ3n) is 4.23. The molecular formula is C18H16N4OS3. The Morgan fingerprint density at radius 3 is 2.81 bits per heavy atom. The maximum Gasteiger partial charge on any atom is 0.191 e. The highest BCUT2D eigenvalue weighted by molar-refractivity contribution is 7.98. The van der Waals surface area contributed by atoms with Gasteiger partial charge in [-0.1, -0.05) is 29.1 Å². The van der Waals surface area contributed by atoms with Crippen LogP contribution in [0.1, 0.15) is 35.3 Å². The van der Waals surface area contributed by atoms with Crippen molar-refractivity contribution >= 4 is 34.4 Å². The molecule has 0 spiro atoms. The molecule has 0 aliphatic heterocycles. The molecule has 1 saturated carbocycles. The van der Waals surface area contributed by atoms with Gasteiger partial charge in [0.1, 0.15) is 5.82 Å². The third-order valence-corrected chi connectivity index (χ3v) is 6.97. The first kappa shape index (κ1) is 16.3. The van der Waals surface area contributed by atoms with Crippen LogP contribution >= 0.6 is 34.4 Å². The molecule has 5 nitrogen and oxygen atoms in total. The van der Waals surface area contributed by atoms with E-state index >= 15 is 0 Å². The van der Waals surface area contributed by atoms with Crippen LogP contribution in [0.2, 0.25) is 0 Å². The Bertz CT molecular complexity index is 984. The highest BCUT2D eigenvalue weighted by atomic mass is 32.2. The predicted molar refractivity (Wildman–Crippen MR) is 105 cm³/mol. The first-order valence-corrected chi connectivity index (χ1v) is 11.2. The van der Waals surface area contributed by atoms with Gasteiger partial charge in [-0.15, -0.1) is 32.9 Å². The number of thiophene rings is 2. The molecule has 0 saturated heterocycles. The first-order chi connectivity index (χ1) is 12.9. The average molecular weight is 401 g/mol. The second-order valence-corrected chi connectivity index (χ2v) is 9.13. The summed E-state index contributed by atoms with van der Waals surface area (Å²) in [5.74, 6) is 2.63. The maximum atomic E-state index is 5.47. The summed E-state index contributed by atoms with van der Waals surface area (Å²) in [4.78, 5) is 2.43. The zero-order valence-corrected chi connectivity index (χ0v) is 16.3. The molecule has 1 fully saturated rings. The van der Waals surface area contributed by atoms with Crippen molar-refractivity contribution < 1.29 is 4.52 Å². The summed E-state index contributed by atoms with van der Waals surface area (Å²) >= 11 is 5.11. The van der Waals surface area contributed by atoms with E-state index in [1.54, 1.807) is 34.4 Å². The van der Waals surface area contributed by atoms with Crippen LogP contribution in [-0.4, -0.2) is 19.9 Å². The lowest BCUT2D eigenvalue weighted by molar-refractivity contribution is 0.427. The number of hydrogen-bond acceptors (Lipinski definition) is 7. The number of hydrogen-bond donors (Lipinski definition) is 0. The van der Waals surface area contributed by atoms with E-state index in [1.807, 2.05) is 23.6 Å². The van der Waals surface area contributed by atoms with Gasteiger partial charge in [0.2, 0.25) is 0 Å². The molecule has 5 rings (SSSR count). The van der Waals surface area contributed by atoms with Gasteiger partial charge in [0, 0.05) is 29.2 Å². The molecule has 4 aromatic heterocycles. The highest BCUT2D eigenvalue weighted by Gasteiger charge is 2.29. The Morgan fingerprint density at radius 2 is 2.04 bits per heavy atom.